The van der Waals surface area contributed by atoms with Gasteiger partial charge in [0.25, 0.3) is 0 Å². The Hall–Kier alpha value is -4.29. The van der Waals surface area contributed by atoms with E-state index >= 15 is 0 Å². The first-order valence-corrected chi connectivity index (χ1v) is 17.9. The lowest BCUT2D eigenvalue weighted by molar-refractivity contribution is -0.141. The molecule has 3 fully saturated rings. The number of para-hydroxylation sites is 1. The number of amides is 4. The molecule has 5 N–H and O–H groups in total. The van der Waals surface area contributed by atoms with E-state index in [9.17, 15) is 40.7 Å². The molecule has 18 heteroatoms. The molecule has 2 aromatic carbocycles. The van der Waals surface area contributed by atoms with Gasteiger partial charge < -0.3 is 36.3 Å². The average Bonchev–Trinajstić information content (AvgIpc) is 3.29. The summed E-state index contributed by atoms with van der Waals surface area (Å²) >= 11 is 0. The molecule has 1 atom stereocenters. The van der Waals surface area contributed by atoms with E-state index in [0.717, 1.165) is 37.4 Å². The highest BCUT2D eigenvalue weighted by Crippen LogP contribution is 2.42. The van der Waals surface area contributed by atoms with Crippen molar-refractivity contribution in [2.75, 3.05) is 70.0 Å². The van der Waals surface area contributed by atoms with Gasteiger partial charge >= 0.3 is 24.5 Å². The van der Waals surface area contributed by atoms with Crippen molar-refractivity contribution in [1.29, 1.82) is 0 Å². The number of piperazine rings is 1. The number of rotatable bonds is 7. The lowest BCUT2D eigenvalue weighted by atomic mass is 9.96. The van der Waals surface area contributed by atoms with Gasteiger partial charge in [-0.05, 0) is 61.4 Å². The maximum Gasteiger partial charge on any atom is 0.426 e. The molecule has 3 saturated heterocycles. The van der Waals surface area contributed by atoms with Crippen molar-refractivity contribution in [3.05, 3.63) is 58.7 Å². The van der Waals surface area contributed by atoms with Gasteiger partial charge in [-0.25, -0.2) is 9.59 Å². The van der Waals surface area contributed by atoms with Gasteiger partial charge in [-0.3, -0.25) is 9.69 Å². The van der Waals surface area contributed by atoms with E-state index in [1.54, 1.807) is 4.90 Å². The molecule has 4 aliphatic heterocycles. The van der Waals surface area contributed by atoms with E-state index in [-0.39, 0.29) is 31.2 Å². The highest BCUT2D eigenvalue weighted by atomic mass is 19.4. The summed E-state index contributed by atoms with van der Waals surface area (Å²) in [6.07, 6.45) is -9.33. The zero-order valence-corrected chi connectivity index (χ0v) is 29.1. The number of urea groups is 1. The van der Waals surface area contributed by atoms with Crippen LogP contribution in [0.25, 0.3) is 0 Å². The maximum absolute atomic E-state index is 13.9. The molecule has 0 bridgehead atoms. The molecule has 0 aromatic heterocycles. The number of fused-ring (bicyclic) bond motifs is 1. The Morgan fingerprint density at radius 3 is 2.09 bits per heavy atom. The minimum Gasteiger partial charge on any atom is -0.398 e. The van der Waals surface area contributed by atoms with Crippen molar-refractivity contribution in [3.63, 3.8) is 0 Å². The number of hydrogen-bond acceptors (Lipinski definition) is 8. The van der Waals surface area contributed by atoms with Crippen molar-refractivity contribution in [3.8, 4) is 0 Å². The third-order valence-corrected chi connectivity index (χ3v) is 10.5. The van der Waals surface area contributed by atoms with Crippen LogP contribution in [-0.4, -0.2) is 115 Å². The number of nitrogens with one attached hydrogen (secondary N) is 3. The molecule has 53 heavy (non-hydrogen) atoms. The van der Waals surface area contributed by atoms with Crippen LogP contribution >= 0.6 is 0 Å². The first-order valence-electron chi connectivity index (χ1n) is 17.9. The van der Waals surface area contributed by atoms with Gasteiger partial charge in [0, 0.05) is 83.1 Å². The monoisotopic (exact) mass is 754 g/mol. The summed E-state index contributed by atoms with van der Waals surface area (Å²) in [4.78, 5) is 51.2. The Labute approximate surface area is 302 Å². The largest absolute Gasteiger partial charge is 0.426 e. The molecule has 0 spiro atoms. The van der Waals surface area contributed by atoms with E-state index in [4.69, 9.17) is 10.6 Å². The van der Waals surface area contributed by atoms with Crippen LogP contribution in [-0.2, 0) is 34.8 Å². The van der Waals surface area contributed by atoms with Gasteiger partial charge in [0.15, 0.2) is 0 Å². The number of likely N-dealkylation sites (tertiary alicyclic amines) is 1. The van der Waals surface area contributed by atoms with E-state index in [0.29, 0.717) is 63.9 Å². The lowest BCUT2D eigenvalue weighted by Crippen LogP contribution is -2.56. The number of halogens is 6. The lowest BCUT2D eigenvalue weighted by Gasteiger charge is -2.41. The van der Waals surface area contributed by atoms with Gasteiger partial charge in [0.1, 0.15) is 6.04 Å². The molecule has 12 nitrogen and oxygen atoms in total. The molecule has 0 radical (unpaired) electrons. The molecule has 290 valence electrons. The van der Waals surface area contributed by atoms with Gasteiger partial charge in [0.2, 0.25) is 5.91 Å². The second-order valence-corrected chi connectivity index (χ2v) is 13.9. The van der Waals surface area contributed by atoms with Crippen LogP contribution in [0.5, 0.6) is 0 Å². The van der Waals surface area contributed by atoms with Crippen LogP contribution in [0.2, 0.25) is 0 Å². The predicted molar refractivity (Wildman–Crippen MR) is 182 cm³/mol. The molecule has 0 unspecified atom stereocenters. The molecule has 0 aliphatic carbocycles. The number of nitrogens with two attached hydrogens (primary N) is 1. The smallest absolute Gasteiger partial charge is 0.398 e. The molecular weight excluding hydrogens is 710 g/mol. The van der Waals surface area contributed by atoms with Crippen LogP contribution in [0.3, 0.4) is 0 Å². The van der Waals surface area contributed by atoms with Crippen LogP contribution < -0.4 is 21.7 Å². The molecule has 4 heterocycles. The van der Waals surface area contributed by atoms with Crippen LogP contribution in [0.15, 0.2) is 36.4 Å². The SMILES string of the molecule is Nc1c(C(F)(F)F)cc(C[C@@H](NC(=O)ON2CCC(N3CCc4ccccc4NC3=O)CC2)C(=O)N2CCC(N3CCNCC3)CC2)cc1C(F)(F)F. The minimum atomic E-state index is -5.21. The fourth-order valence-corrected chi connectivity index (χ4v) is 7.72. The van der Waals surface area contributed by atoms with E-state index in [2.05, 4.69) is 20.9 Å². The van der Waals surface area contributed by atoms with E-state index in [1.807, 2.05) is 24.3 Å². The van der Waals surface area contributed by atoms with Crippen molar-refractivity contribution in [2.45, 2.75) is 69.0 Å². The zero-order valence-electron chi connectivity index (χ0n) is 29.1. The van der Waals surface area contributed by atoms with Gasteiger partial charge in [-0.1, -0.05) is 18.2 Å². The number of hydrogen-bond donors (Lipinski definition) is 4. The number of carbonyl (C=O) groups excluding carboxylic acids is 3. The standard InChI is InChI=1S/C35H44F6N8O4/c36-34(37,38)26-19-22(20-27(30(26)42)35(39,40)41)21-29(31(50)47-12-6-24(7-13-47)46-17-10-43-11-18-46)45-33(52)53-48-14-8-25(9-15-48)49-16-5-23-3-1-2-4-28(23)44-32(49)51/h1-4,19-20,24-25,29,43H,5-18,21,42H2,(H,44,51)(H,45,52)/t29-/m1/s1. The zero-order chi connectivity index (χ0) is 37.9. The molecule has 2 aromatic rings. The summed E-state index contributed by atoms with van der Waals surface area (Å²) in [6, 6.07) is 6.84. The summed E-state index contributed by atoms with van der Waals surface area (Å²) in [7, 11) is 0. The molecule has 6 rings (SSSR count). The van der Waals surface area contributed by atoms with E-state index < -0.39 is 59.2 Å². The first-order chi connectivity index (χ1) is 25.2. The Bertz CT molecular complexity index is 1600. The van der Waals surface area contributed by atoms with Gasteiger partial charge in [-0.15, -0.1) is 5.06 Å². The van der Waals surface area contributed by atoms with Crippen molar-refractivity contribution in [2.24, 2.45) is 0 Å². The summed E-state index contributed by atoms with van der Waals surface area (Å²) < 4.78 is 83.1. The number of carbonyl (C=O) groups is 3. The number of piperidine rings is 2. The fraction of sp³-hybridized carbons (Fsp3) is 0.571. The predicted octanol–water partition coefficient (Wildman–Crippen LogP) is 4.31. The number of nitrogen functional groups attached to an aromatic ring is 1. The van der Waals surface area contributed by atoms with Gasteiger partial charge in [0.05, 0.1) is 16.8 Å². The molecule has 4 aliphatic rings. The van der Waals surface area contributed by atoms with Crippen molar-refractivity contribution >= 4 is 29.4 Å². The number of nitrogens with zero attached hydrogens (tertiary/aromatic N) is 4. The number of alkyl halides is 6. The second-order valence-electron chi connectivity index (χ2n) is 13.9. The Morgan fingerprint density at radius 1 is 0.868 bits per heavy atom. The highest BCUT2D eigenvalue weighted by molar-refractivity contribution is 5.91. The summed E-state index contributed by atoms with van der Waals surface area (Å²) in [5, 5.41) is 10.0. The minimum absolute atomic E-state index is 0.137. The molecule has 0 saturated carbocycles. The number of hydroxylamine groups is 2. The van der Waals surface area contributed by atoms with Crippen LogP contribution in [0.4, 0.5) is 47.3 Å². The van der Waals surface area contributed by atoms with Crippen molar-refractivity contribution in [1.82, 2.24) is 30.4 Å². The highest BCUT2D eigenvalue weighted by Gasteiger charge is 2.42. The fourth-order valence-electron chi connectivity index (χ4n) is 7.72. The Balaban J connectivity index is 1.13. The summed E-state index contributed by atoms with van der Waals surface area (Å²) in [5.41, 5.74) is 1.81. The molecular formula is C35H44F6N8O4. The Morgan fingerprint density at radius 2 is 1.47 bits per heavy atom. The Kier molecular flexibility index (Phi) is 11.6. The summed E-state index contributed by atoms with van der Waals surface area (Å²) in [5.74, 6) is -0.647. The third-order valence-electron chi connectivity index (χ3n) is 10.5. The van der Waals surface area contributed by atoms with E-state index in [1.165, 1.54) is 9.96 Å². The normalized spacial score (nSPS) is 20.7. The second kappa shape index (κ2) is 16.0. The quantitative estimate of drug-likeness (QED) is 0.243. The number of anilines is 2. The summed E-state index contributed by atoms with van der Waals surface area (Å²) in [6.45, 7) is 4.98. The van der Waals surface area contributed by atoms with Gasteiger partial charge in [-0.2, -0.15) is 26.3 Å². The third kappa shape index (κ3) is 9.27. The number of benzene rings is 2. The van der Waals surface area contributed by atoms with Crippen molar-refractivity contribution < 1.29 is 45.6 Å². The topological polar surface area (TPSA) is 136 Å². The first kappa shape index (κ1) is 38.4. The maximum atomic E-state index is 13.9. The molecule has 4 amide bonds. The van der Waals surface area contributed by atoms with Crippen LogP contribution in [0.1, 0.15) is 47.9 Å². The average molecular weight is 755 g/mol. The van der Waals surface area contributed by atoms with Crippen LogP contribution in [0, 0.1) is 0 Å².